The lowest BCUT2D eigenvalue weighted by Gasteiger charge is -2.31. The highest BCUT2D eigenvalue weighted by molar-refractivity contribution is 8.13. The molecule has 116 valence electrons. The summed E-state index contributed by atoms with van der Waals surface area (Å²) < 4.78 is 0. The molecule has 1 saturated heterocycles. The maximum atomic E-state index is 10.6. The lowest BCUT2D eigenvalue weighted by Crippen LogP contribution is -2.33. The van der Waals surface area contributed by atoms with E-state index in [2.05, 4.69) is 28.9 Å². The highest BCUT2D eigenvalue weighted by Gasteiger charge is 2.32. The fourth-order valence-corrected chi connectivity index (χ4v) is 5.11. The summed E-state index contributed by atoms with van der Waals surface area (Å²) in [5.74, 6) is 1.01. The first-order valence-electron chi connectivity index (χ1n) is 7.59. The van der Waals surface area contributed by atoms with Crippen LogP contribution in [-0.4, -0.2) is 34.0 Å². The summed E-state index contributed by atoms with van der Waals surface area (Å²) in [6.45, 7) is 4.13. The molecule has 2 aliphatic heterocycles. The van der Waals surface area contributed by atoms with E-state index in [4.69, 9.17) is 5.73 Å². The summed E-state index contributed by atoms with van der Waals surface area (Å²) in [7, 11) is 0. The Labute approximate surface area is 134 Å². The van der Waals surface area contributed by atoms with Crippen molar-refractivity contribution in [3.05, 3.63) is 21.9 Å². The molecule has 0 amide bonds. The number of aliphatic hydroxyl groups excluding tert-OH is 1. The van der Waals surface area contributed by atoms with Crippen LogP contribution in [0, 0.1) is 0 Å². The van der Waals surface area contributed by atoms with Crippen molar-refractivity contribution in [2.45, 2.75) is 44.4 Å². The molecule has 0 radical (unpaired) electrons. The Bertz CT molecular complexity index is 525. The monoisotopic (exact) mass is 325 g/mol. The Morgan fingerprint density at radius 1 is 1.33 bits per heavy atom. The first-order chi connectivity index (χ1) is 10.1. The minimum Gasteiger partial charge on any atom is -0.379 e. The van der Waals surface area contributed by atoms with Crippen molar-refractivity contribution in [2.75, 3.05) is 18.8 Å². The number of hydrogen-bond donors (Lipinski definition) is 2. The average Bonchev–Trinajstić information content (AvgIpc) is 2.98. The summed E-state index contributed by atoms with van der Waals surface area (Å²) in [4.78, 5) is 9.05. The van der Waals surface area contributed by atoms with Crippen LogP contribution in [0.5, 0.6) is 0 Å². The lowest BCUT2D eigenvalue weighted by molar-refractivity contribution is -0.00721. The van der Waals surface area contributed by atoms with E-state index in [1.165, 1.54) is 24.1 Å². The van der Waals surface area contributed by atoms with E-state index in [0.29, 0.717) is 5.17 Å². The highest BCUT2D eigenvalue weighted by atomic mass is 32.2. The number of thioether (sulfide) groups is 1. The predicted octanol–water partition coefficient (Wildman–Crippen LogP) is 2.89. The number of thiophene rings is 1. The molecule has 3 N–H and O–H groups in total. The molecule has 0 bridgehead atoms. The number of aliphatic imine (C=N–C) groups is 1. The molecule has 0 aromatic carbocycles. The van der Waals surface area contributed by atoms with Gasteiger partial charge in [0.05, 0.1) is 5.54 Å². The zero-order valence-corrected chi connectivity index (χ0v) is 14.1. The summed E-state index contributed by atoms with van der Waals surface area (Å²) >= 11 is 3.30. The molecule has 1 aromatic rings. The number of hydrogen-bond acceptors (Lipinski definition) is 6. The van der Waals surface area contributed by atoms with E-state index >= 15 is 0 Å². The Hall–Kier alpha value is -0.560. The number of nitrogens with two attached hydrogens (primary N) is 1. The van der Waals surface area contributed by atoms with Gasteiger partial charge in [0.15, 0.2) is 5.17 Å². The molecule has 1 fully saturated rings. The summed E-state index contributed by atoms with van der Waals surface area (Å²) in [6, 6.07) is 4.16. The second-order valence-corrected chi connectivity index (χ2v) is 8.23. The van der Waals surface area contributed by atoms with Gasteiger partial charge in [-0.1, -0.05) is 18.2 Å². The molecule has 2 atom stereocenters. The molecule has 0 aliphatic carbocycles. The van der Waals surface area contributed by atoms with Gasteiger partial charge in [-0.3, -0.25) is 9.89 Å². The number of nitrogens with zero attached hydrogens (tertiary/aromatic N) is 2. The van der Waals surface area contributed by atoms with Crippen LogP contribution in [0.1, 0.15) is 48.6 Å². The number of aliphatic hydroxyl groups is 1. The third kappa shape index (κ3) is 3.28. The van der Waals surface area contributed by atoms with Gasteiger partial charge in [0, 0.05) is 28.6 Å². The molecule has 2 unspecified atom stereocenters. The zero-order valence-electron chi connectivity index (χ0n) is 12.4. The minimum atomic E-state index is -0.466. The van der Waals surface area contributed by atoms with E-state index in [9.17, 15) is 5.11 Å². The van der Waals surface area contributed by atoms with Crippen LogP contribution >= 0.6 is 23.1 Å². The molecule has 0 saturated carbocycles. The SMILES string of the molecule is CC1(c2ccc(C(O)N3CCCCC3)s2)CCSC(N)=N1. The highest BCUT2D eigenvalue weighted by Crippen LogP contribution is 2.40. The molecular formula is C15H23N3OS2. The predicted molar refractivity (Wildman–Crippen MR) is 90.8 cm³/mol. The van der Waals surface area contributed by atoms with Crippen LogP contribution in [0.2, 0.25) is 0 Å². The van der Waals surface area contributed by atoms with Gasteiger partial charge in [-0.25, -0.2) is 0 Å². The standard InChI is InChI=1S/C15H23N3OS2/c1-15(7-10-20-14(16)17-15)12-6-5-11(21-12)13(19)18-8-3-2-4-9-18/h5-6,13,19H,2-4,7-10H2,1H3,(H2,16,17). The number of likely N-dealkylation sites (tertiary alicyclic amines) is 1. The van der Waals surface area contributed by atoms with Crippen LogP contribution in [0.4, 0.5) is 0 Å². The first kappa shape index (κ1) is 15.3. The molecule has 3 rings (SSSR count). The van der Waals surface area contributed by atoms with Crippen LogP contribution in [0.3, 0.4) is 0 Å². The van der Waals surface area contributed by atoms with Crippen LogP contribution < -0.4 is 5.73 Å². The molecule has 0 spiro atoms. The lowest BCUT2D eigenvalue weighted by atomic mass is 9.97. The van der Waals surface area contributed by atoms with Crippen LogP contribution in [0.25, 0.3) is 0 Å². The van der Waals surface area contributed by atoms with E-state index in [1.54, 1.807) is 23.1 Å². The maximum Gasteiger partial charge on any atom is 0.154 e. The van der Waals surface area contributed by atoms with E-state index in [-0.39, 0.29) is 5.54 Å². The van der Waals surface area contributed by atoms with Gasteiger partial charge >= 0.3 is 0 Å². The van der Waals surface area contributed by atoms with Gasteiger partial charge < -0.3 is 10.8 Å². The number of rotatable bonds is 3. The van der Waals surface area contributed by atoms with Crippen molar-refractivity contribution in [1.82, 2.24) is 4.90 Å². The van der Waals surface area contributed by atoms with Crippen molar-refractivity contribution >= 4 is 28.3 Å². The largest absolute Gasteiger partial charge is 0.379 e. The molecule has 3 heterocycles. The van der Waals surface area contributed by atoms with Crippen molar-refractivity contribution in [2.24, 2.45) is 10.7 Å². The van der Waals surface area contributed by atoms with Gasteiger partial charge in [-0.2, -0.15) is 0 Å². The summed E-state index contributed by atoms with van der Waals surface area (Å²) in [5, 5.41) is 11.2. The van der Waals surface area contributed by atoms with Crippen LogP contribution in [-0.2, 0) is 5.54 Å². The van der Waals surface area contributed by atoms with Crippen molar-refractivity contribution in [1.29, 1.82) is 0 Å². The van der Waals surface area contributed by atoms with Gasteiger partial charge in [0.1, 0.15) is 6.23 Å². The maximum absolute atomic E-state index is 10.6. The molecule has 1 aromatic heterocycles. The number of amidine groups is 1. The van der Waals surface area contributed by atoms with Crippen molar-refractivity contribution < 1.29 is 5.11 Å². The molecule has 4 nitrogen and oxygen atoms in total. The van der Waals surface area contributed by atoms with E-state index in [1.807, 2.05) is 0 Å². The normalized spacial score (nSPS) is 29.1. The van der Waals surface area contributed by atoms with E-state index < -0.39 is 6.23 Å². The second-order valence-electron chi connectivity index (χ2n) is 5.99. The fourth-order valence-electron chi connectivity index (χ4n) is 2.99. The Morgan fingerprint density at radius 3 is 2.81 bits per heavy atom. The smallest absolute Gasteiger partial charge is 0.154 e. The summed E-state index contributed by atoms with van der Waals surface area (Å²) in [5.41, 5.74) is 5.67. The zero-order chi connectivity index (χ0) is 14.9. The molecule has 21 heavy (non-hydrogen) atoms. The van der Waals surface area contributed by atoms with Crippen molar-refractivity contribution in [3.63, 3.8) is 0 Å². The molecule has 2 aliphatic rings. The van der Waals surface area contributed by atoms with Gasteiger partial charge in [0.2, 0.25) is 0 Å². The third-order valence-electron chi connectivity index (χ3n) is 4.34. The van der Waals surface area contributed by atoms with Crippen LogP contribution in [0.15, 0.2) is 17.1 Å². The van der Waals surface area contributed by atoms with Gasteiger partial charge in [0.25, 0.3) is 0 Å². The third-order valence-corrected chi connectivity index (χ3v) is 6.52. The quantitative estimate of drug-likeness (QED) is 0.897. The molecule has 6 heteroatoms. The Balaban J connectivity index is 1.78. The number of piperidine rings is 1. The van der Waals surface area contributed by atoms with Gasteiger partial charge in [-0.15, -0.1) is 11.3 Å². The first-order valence-corrected chi connectivity index (χ1v) is 9.39. The topological polar surface area (TPSA) is 61.8 Å². The van der Waals surface area contributed by atoms with Crippen molar-refractivity contribution in [3.8, 4) is 0 Å². The second kappa shape index (κ2) is 6.28. The van der Waals surface area contributed by atoms with Gasteiger partial charge in [-0.05, 0) is 38.3 Å². The fraction of sp³-hybridized carbons (Fsp3) is 0.667. The Kier molecular flexibility index (Phi) is 4.59. The Morgan fingerprint density at radius 2 is 2.10 bits per heavy atom. The summed E-state index contributed by atoms with van der Waals surface area (Å²) in [6.07, 6.45) is 4.18. The van der Waals surface area contributed by atoms with E-state index in [0.717, 1.165) is 30.1 Å². The minimum absolute atomic E-state index is 0.222. The average molecular weight is 326 g/mol. The molecular weight excluding hydrogens is 302 g/mol.